The molecule has 2 aromatic rings. The van der Waals surface area contributed by atoms with E-state index in [2.05, 4.69) is 0 Å². The van der Waals surface area contributed by atoms with Crippen LogP contribution in [0.3, 0.4) is 0 Å². The molecule has 2 rings (SSSR count). The van der Waals surface area contributed by atoms with Crippen molar-refractivity contribution in [2.75, 3.05) is 7.11 Å². The number of aliphatic carboxylic acids is 2. The van der Waals surface area contributed by atoms with Crippen molar-refractivity contribution in [2.24, 2.45) is 0 Å². The number of methoxy groups -OCH3 is 1. The fourth-order valence-electron chi connectivity index (χ4n) is 2.30. The first-order valence-electron chi connectivity index (χ1n) is 6.73. The number of nitro groups is 1. The summed E-state index contributed by atoms with van der Waals surface area (Å²) in [4.78, 5) is 32.7. The third-order valence-electron chi connectivity index (χ3n) is 3.44. The highest BCUT2D eigenvalue weighted by Gasteiger charge is 2.34. The number of nitro benzene ring substituents is 1. The molecule has 0 aliphatic rings. The summed E-state index contributed by atoms with van der Waals surface area (Å²) >= 11 is 0. The van der Waals surface area contributed by atoms with Gasteiger partial charge in [-0.2, -0.15) is 0 Å². The second-order valence-corrected chi connectivity index (χ2v) is 4.87. The van der Waals surface area contributed by atoms with Crippen molar-refractivity contribution >= 4 is 17.6 Å². The van der Waals surface area contributed by atoms with Crippen LogP contribution >= 0.6 is 0 Å². The van der Waals surface area contributed by atoms with Gasteiger partial charge in [0.05, 0.1) is 17.6 Å². The standard InChI is InChI=1S/C16H13NO7/c1-24-11-4-2-3-9(7-11)10-5-6-12(13(8-10)17(22)23)14(15(18)19)16(20)21/h2-8,14H,1H3,(H,18,19)(H,20,21). The zero-order valence-electron chi connectivity index (χ0n) is 12.5. The first-order valence-corrected chi connectivity index (χ1v) is 6.73. The van der Waals surface area contributed by atoms with E-state index in [0.29, 0.717) is 16.9 Å². The highest BCUT2D eigenvalue weighted by atomic mass is 16.6. The van der Waals surface area contributed by atoms with Gasteiger partial charge in [-0.05, 0) is 23.3 Å². The first-order chi connectivity index (χ1) is 11.3. The Balaban J connectivity index is 2.60. The largest absolute Gasteiger partial charge is 0.497 e. The number of carboxylic acids is 2. The van der Waals surface area contributed by atoms with Gasteiger partial charge in [0, 0.05) is 6.07 Å². The zero-order chi connectivity index (χ0) is 17.9. The lowest BCUT2D eigenvalue weighted by Gasteiger charge is -2.10. The van der Waals surface area contributed by atoms with Crippen molar-refractivity contribution in [3.05, 3.63) is 58.1 Å². The van der Waals surface area contributed by atoms with Crippen molar-refractivity contribution in [1.82, 2.24) is 0 Å². The summed E-state index contributed by atoms with van der Waals surface area (Å²) in [6.45, 7) is 0. The molecule has 24 heavy (non-hydrogen) atoms. The molecule has 8 nitrogen and oxygen atoms in total. The van der Waals surface area contributed by atoms with E-state index < -0.39 is 28.5 Å². The van der Waals surface area contributed by atoms with Gasteiger partial charge >= 0.3 is 11.9 Å². The van der Waals surface area contributed by atoms with E-state index in [1.807, 2.05) is 0 Å². The predicted molar refractivity (Wildman–Crippen MR) is 83.1 cm³/mol. The number of carbonyl (C=O) groups is 2. The van der Waals surface area contributed by atoms with Crippen molar-refractivity contribution in [1.29, 1.82) is 0 Å². The van der Waals surface area contributed by atoms with Crippen LogP contribution in [0.5, 0.6) is 5.75 Å². The van der Waals surface area contributed by atoms with Crippen LogP contribution in [0.4, 0.5) is 5.69 Å². The number of nitrogens with zero attached hydrogens (tertiary/aromatic N) is 1. The second kappa shape index (κ2) is 6.78. The summed E-state index contributed by atoms with van der Waals surface area (Å²) < 4.78 is 5.09. The summed E-state index contributed by atoms with van der Waals surface area (Å²) in [6, 6.07) is 10.5. The van der Waals surface area contributed by atoms with Crippen LogP contribution in [-0.4, -0.2) is 34.2 Å². The minimum absolute atomic E-state index is 0.383. The number of ether oxygens (including phenoxy) is 1. The number of carboxylic acid groups (broad SMARTS) is 2. The number of benzene rings is 2. The van der Waals surface area contributed by atoms with Crippen LogP contribution in [0, 0.1) is 10.1 Å². The molecule has 0 spiro atoms. The van der Waals surface area contributed by atoms with E-state index in [4.69, 9.17) is 14.9 Å². The topological polar surface area (TPSA) is 127 Å². The predicted octanol–water partition coefficient (Wildman–Crippen LogP) is 2.52. The Morgan fingerprint density at radius 1 is 1.08 bits per heavy atom. The molecule has 8 heteroatoms. The molecule has 0 aliphatic carbocycles. The Morgan fingerprint density at radius 2 is 1.71 bits per heavy atom. The Morgan fingerprint density at radius 3 is 2.25 bits per heavy atom. The lowest BCUT2D eigenvalue weighted by atomic mass is 9.94. The van der Waals surface area contributed by atoms with Gasteiger partial charge in [0.1, 0.15) is 5.75 Å². The SMILES string of the molecule is COc1cccc(-c2ccc(C(C(=O)O)C(=O)O)c([N+](=O)[O-])c2)c1. The van der Waals surface area contributed by atoms with Gasteiger partial charge < -0.3 is 14.9 Å². The van der Waals surface area contributed by atoms with Crippen LogP contribution in [-0.2, 0) is 9.59 Å². The third-order valence-corrected chi connectivity index (χ3v) is 3.44. The molecule has 2 N–H and O–H groups in total. The molecule has 0 aromatic heterocycles. The molecular weight excluding hydrogens is 318 g/mol. The molecule has 0 amide bonds. The lowest BCUT2D eigenvalue weighted by molar-refractivity contribution is -0.385. The van der Waals surface area contributed by atoms with Crippen LogP contribution in [0.15, 0.2) is 42.5 Å². The molecule has 0 heterocycles. The highest BCUT2D eigenvalue weighted by Crippen LogP contribution is 2.33. The summed E-state index contributed by atoms with van der Waals surface area (Å²) in [5.74, 6) is -4.79. The minimum Gasteiger partial charge on any atom is -0.497 e. The van der Waals surface area contributed by atoms with E-state index in [9.17, 15) is 19.7 Å². The maximum Gasteiger partial charge on any atom is 0.322 e. The van der Waals surface area contributed by atoms with Crippen LogP contribution < -0.4 is 4.74 Å². The maximum absolute atomic E-state index is 11.3. The Kier molecular flexibility index (Phi) is 4.78. The van der Waals surface area contributed by atoms with Gasteiger partial charge in [-0.15, -0.1) is 0 Å². The molecule has 124 valence electrons. The smallest absolute Gasteiger partial charge is 0.322 e. The van der Waals surface area contributed by atoms with Crippen LogP contribution in [0.25, 0.3) is 11.1 Å². The molecule has 0 saturated heterocycles. The summed E-state index contributed by atoms with van der Waals surface area (Å²) in [5.41, 5.74) is 0.113. The molecule has 0 saturated carbocycles. The van der Waals surface area contributed by atoms with Crippen molar-refractivity contribution in [2.45, 2.75) is 5.92 Å². The Bertz CT molecular complexity index is 802. The Hall–Kier alpha value is -3.42. The van der Waals surface area contributed by atoms with Gasteiger partial charge in [0.25, 0.3) is 5.69 Å². The van der Waals surface area contributed by atoms with Gasteiger partial charge in [0.2, 0.25) is 0 Å². The van der Waals surface area contributed by atoms with Crippen LogP contribution in [0.2, 0.25) is 0 Å². The molecule has 0 bridgehead atoms. The quantitative estimate of drug-likeness (QED) is 0.473. The summed E-state index contributed by atoms with van der Waals surface area (Å²) in [7, 11) is 1.48. The van der Waals surface area contributed by atoms with Crippen molar-refractivity contribution < 1.29 is 29.5 Å². The Labute approximate surface area is 136 Å². The van der Waals surface area contributed by atoms with Crippen LogP contribution in [0.1, 0.15) is 11.5 Å². The van der Waals surface area contributed by atoms with E-state index in [1.165, 1.54) is 13.2 Å². The van der Waals surface area contributed by atoms with E-state index in [-0.39, 0.29) is 5.56 Å². The van der Waals surface area contributed by atoms with Gasteiger partial charge in [0.15, 0.2) is 5.92 Å². The number of hydrogen-bond donors (Lipinski definition) is 2. The molecular formula is C16H13NO7. The fraction of sp³-hybridized carbons (Fsp3) is 0.125. The summed E-state index contributed by atoms with van der Waals surface area (Å²) in [6.07, 6.45) is 0. The number of hydrogen-bond acceptors (Lipinski definition) is 5. The van der Waals surface area contributed by atoms with Crippen molar-refractivity contribution in [3.63, 3.8) is 0 Å². The first kappa shape index (κ1) is 16.9. The molecule has 0 fully saturated rings. The lowest BCUT2D eigenvalue weighted by Crippen LogP contribution is -2.22. The normalized spacial score (nSPS) is 10.4. The summed E-state index contributed by atoms with van der Waals surface area (Å²) in [5, 5.41) is 29.3. The molecule has 0 atom stereocenters. The van der Waals surface area contributed by atoms with E-state index >= 15 is 0 Å². The van der Waals surface area contributed by atoms with Crippen molar-refractivity contribution in [3.8, 4) is 16.9 Å². The monoisotopic (exact) mass is 331 g/mol. The maximum atomic E-state index is 11.3. The van der Waals surface area contributed by atoms with Gasteiger partial charge in [-0.3, -0.25) is 19.7 Å². The third kappa shape index (κ3) is 3.32. The number of rotatable bonds is 6. The van der Waals surface area contributed by atoms with Gasteiger partial charge in [-0.1, -0.05) is 24.3 Å². The van der Waals surface area contributed by atoms with Gasteiger partial charge in [-0.25, -0.2) is 0 Å². The zero-order valence-corrected chi connectivity index (χ0v) is 12.5. The average molecular weight is 331 g/mol. The van der Waals surface area contributed by atoms with E-state index in [0.717, 1.165) is 12.1 Å². The minimum atomic E-state index is -2.01. The molecule has 2 aromatic carbocycles. The molecule has 0 aliphatic heterocycles. The molecule has 0 radical (unpaired) electrons. The fourth-order valence-corrected chi connectivity index (χ4v) is 2.30. The highest BCUT2D eigenvalue weighted by molar-refractivity contribution is 6.00. The molecule has 0 unspecified atom stereocenters. The average Bonchev–Trinajstić information content (AvgIpc) is 2.54. The van der Waals surface area contributed by atoms with E-state index in [1.54, 1.807) is 24.3 Å². The second-order valence-electron chi connectivity index (χ2n) is 4.87.